The van der Waals surface area contributed by atoms with Crippen LogP contribution in [0.15, 0.2) is 24.3 Å². The Balaban J connectivity index is 1.84. The highest BCUT2D eigenvalue weighted by Gasteiger charge is 2.12. The van der Waals surface area contributed by atoms with Crippen molar-refractivity contribution in [3.05, 3.63) is 35.4 Å². The maximum atomic E-state index is 3.67. The van der Waals surface area contributed by atoms with Gasteiger partial charge in [-0.3, -0.25) is 4.90 Å². The maximum absolute atomic E-state index is 3.67. The zero-order valence-electron chi connectivity index (χ0n) is 13.7. The van der Waals surface area contributed by atoms with Crippen LogP contribution < -0.4 is 10.6 Å². The molecule has 1 aliphatic rings. The van der Waals surface area contributed by atoms with Gasteiger partial charge in [0.05, 0.1) is 0 Å². The van der Waals surface area contributed by atoms with Crippen LogP contribution >= 0.6 is 0 Å². The first-order chi connectivity index (χ1) is 10.3. The highest BCUT2D eigenvalue weighted by molar-refractivity contribution is 5.27. The van der Waals surface area contributed by atoms with E-state index in [4.69, 9.17) is 0 Å². The van der Waals surface area contributed by atoms with E-state index in [2.05, 4.69) is 53.6 Å². The van der Waals surface area contributed by atoms with Gasteiger partial charge in [0.15, 0.2) is 0 Å². The molecule has 3 nitrogen and oxygen atoms in total. The van der Waals surface area contributed by atoms with Crippen molar-refractivity contribution in [2.24, 2.45) is 5.92 Å². The van der Waals surface area contributed by atoms with Gasteiger partial charge in [-0.1, -0.05) is 38.1 Å². The third-order valence-electron chi connectivity index (χ3n) is 4.61. The van der Waals surface area contributed by atoms with Crippen LogP contribution in [0.1, 0.15) is 37.8 Å². The lowest BCUT2D eigenvalue weighted by molar-refractivity contribution is 0.294. The predicted octanol–water partition coefficient (Wildman–Crippen LogP) is 2.62. The Labute approximate surface area is 130 Å². The van der Waals surface area contributed by atoms with Gasteiger partial charge < -0.3 is 10.6 Å². The van der Waals surface area contributed by atoms with Gasteiger partial charge in [-0.15, -0.1) is 0 Å². The number of nitrogens with zero attached hydrogens (tertiary/aromatic N) is 1. The normalized spacial score (nSPS) is 16.5. The smallest absolute Gasteiger partial charge is 0.0236 e. The molecular formula is C18H31N3. The van der Waals surface area contributed by atoms with E-state index in [1.807, 2.05) is 0 Å². The number of hydrogen-bond acceptors (Lipinski definition) is 3. The van der Waals surface area contributed by atoms with Crippen LogP contribution in [0.5, 0.6) is 0 Å². The molecule has 0 spiro atoms. The van der Waals surface area contributed by atoms with Gasteiger partial charge in [-0.2, -0.15) is 0 Å². The van der Waals surface area contributed by atoms with Gasteiger partial charge in [0.2, 0.25) is 0 Å². The molecule has 0 bridgehead atoms. The summed E-state index contributed by atoms with van der Waals surface area (Å²) in [6, 6.07) is 8.87. The summed E-state index contributed by atoms with van der Waals surface area (Å²) in [4.78, 5) is 2.48. The lowest BCUT2D eigenvalue weighted by Crippen LogP contribution is -2.33. The monoisotopic (exact) mass is 289 g/mol. The topological polar surface area (TPSA) is 27.3 Å². The van der Waals surface area contributed by atoms with Crippen LogP contribution in [-0.4, -0.2) is 37.6 Å². The number of piperidine rings is 1. The number of rotatable bonds is 8. The maximum Gasteiger partial charge on any atom is 0.0236 e. The Hall–Kier alpha value is -0.900. The summed E-state index contributed by atoms with van der Waals surface area (Å²) in [6.07, 6.45) is 2.63. The van der Waals surface area contributed by atoms with E-state index in [1.54, 1.807) is 0 Å². The average Bonchev–Trinajstić information content (AvgIpc) is 2.55. The summed E-state index contributed by atoms with van der Waals surface area (Å²) in [5, 5.41) is 7.11. The third-order valence-corrected chi connectivity index (χ3v) is 4.61. The van der Waals surface area contributed by atoms with E-state index in [0.29, 0.717) is 0 Å². The summed E-state index contributed by atoms with van der Waals surface area (Å²) >= 11 is 0. The van der Waals surface area contributed by atoms with Crippen LogP contribution in [0, 0.1) is 5.92 Å². The lowest BCUT2D eigenvalue weighted by Gasteiger charge is -2.23. The van der Waals surface area contributed by atoms with Crippen molar-refractivity contribution in [2.75, 3.05) is 32.7 Å². The molecule has 0 aliphatic carbocycles. The third kappa shape index (κ3) is 5.42. The van der Waals surface area contributed by atoms with E-state index >= 15 is 0 Å². The second-order valence-electron chi connectivity index (χ2n) is 6.05. The Morgan fingerprint density at radius 2 is 1.76 bits per heavy atom. The predicted molar refractivity (Wildman–Crippen MR) is 90.4 cm³/mol. The molecule has 1 aliphatic heterocycles. The fourth-order valence-corrected chi connectivity index (χ4v) is 3.07. The number of benzene rings is 1. The molecule has 1 fully saturated rings. The summed E-state index contributed by atoms with van der Waals surface area (Å²) in [7, 11) is 0. The Morgan fingerprint density at radius 1 is 1.10 bits per heavy atom. The highest BCUT2D eigenvalue weighted by Crippen LogP contribution is 2.13. The zero-order valence-corrected chi connectivity index (χ0v) is 13.7. The van der Waals surface area contributed by atoms with Gasteiger partial charge in [0.25, 0.3) is 0 Å². The summed E-state index contributed by atoms with van der Waals surface area (Å²) < 4.78 is 0. The molecule has 2 N–H and O–H groups in total. The van der Waals surface area contributed by atoms with Crippen LogP contribution in [0.3, 0.4) is 0 Å². The molecule has 0 amide bonds. The number of nitrogens with one attached hydrogen (secondary N) is 2. The first kappa shape index (κ1) is 16.5. The molecular weight excluding hydrogens is 258 g/mol. The summed E-state index contributed by atoms with van der Waals surface area (Å²) in [5.74, 6) is 0.848. The minimum absolute atomic E-state index is 0.848. The molecule has 1 aromatic carbocycles. The molecule has 0 saturated carbocycles. The van der Waals surface area contributed by atoms with Crippen LogP contribution in [0.4, 0.5) is 0 Å². The van der Waals surface area contributed by atoms with Crippen molar-refractivity contribution in [1.82, 2.24) is 15.5 Å². The number of hydrogen-bond donors (Lipinski definition) is 2. The molecule has 21 heavy (non-hydrogen) atoms. The Morgan fingerprint density at radius 3 is 2.43 bits per heavy atom. The first-order valence-electron chi connectivity index (χ1n) is 8.54. The SMILES string of the molecule is CCN(CC)Cc1ccccc1CNCC1CCNCC1. The average molecular weight is 289 g/mol. The fourth-order valence-electron chi connectivity index (χ4n) is 3.07. The van der Waals surface area contributed by atoms with Crippen molar-refractivity contribution in [2.45, 2.75) is 39.8 Å². The fraction of sp³-hybridized carbons (Fsp3) is 0.667. The summed E-state index contributed by atoms with van der Waals surface area (Å²) in [6.45, 7) is 12.3. The zero-order chi connectivity index (χ0) is 14.9. The second-order valence-corrected chi connectivity index (χ2v) is 6.05. The molecule has 1 aromatic rings. The van der Waals surface area contributed by atoms with Crippen molar-refractivity contribution >= 4 is 0 Å². The minimum Gasteiger partial charge on any atom is -0.317 e. The standard InChI is InChI=1S/C18H31N3/c1-3-21(4-2)15-18-8-6-5-7-17(18)14-20-13-16-9-11-19-12-10-16/h5-8,16,19-20H,3-4,9-15H2,1-2H3. The van der Waals surface area contributed by atoms with E-state index in [-0.39, 0.29) is 0 Å². The molecule has 0 atom stereocenters. The van der Waals surface area contributed by atoms with Crippen LogP contribution in [-0.2, 0) is 13.1 Å². The van der Waals surface area contributed by atoms with E-state index in [9.17, 15) is 0 Å². The first-order valence-corrected chi connectivity index (χ1v) is 8.54. The second kappa shape index (κ2) is 9.19. The molecule has 3 heteroatoms. The van der Waals surface area contributed by atoms with Crippen LogP contribution in [0.25, 0.3) is 0 Å². The molecule has 1 heterocycles. The molecule has 2 rings (SSSR count). The van der Waals surface area contributed by atoms with Gasteiger partial charge in [0.1, 0.15) is 0 Å². The quantitative estimate of drug-likeness (QED) is 0.770. The summed E-state index contributed by atoms with van der Waals surface area (Å²) in [5.41, 5.74) is 2.93. The van der Waals surface area contributed by atoms with Crippen molar-refractivity contribution in [3.63, 3.8) is 0 Å². The Bertz CT molecular complexity index is 395. The molecule has 118 valence electrons. The molecule has 0 aromatic heterocycles. The van der Waals surface area contributed by atoms with Crippen molar-refractivity contribution in [1.29, 1.82) is 0 Å². The minimum atomic E-state index is 0.848. The molecule has 0 radical (unpaired) electrons. The van der Waals surface area contributed by atoms with E-state index < -0.39 is 0 Å². The molecule has 1 saturated heterocycles. The lowest BCUT2D eigenvalue weighted by atomic mass is 9.98. The molecule has 0 unspecified atom stereocenters. The van der Waals surface area contributed by atoms with Crippen LogP contribution in [0.2, 0.25) is 0 Å². The van der Waals surface area contributed by atoms with E-state index in [0.717, 1.165) is 38.6 Å². The van der Waals surface area contributed by atoms with Crippen molar-refractivity contribution < 1.29 is 0 Å². The highest BCUT2D eigenvalue weighted by atomic mass is 15.1. The Kier molecular flexibility index (Phi) is 7.20. The van der Waals surface area contributed by atoms with Gasteiger partial charge in [0, 0.05) is 13.1 Å². The van der Waals surface area contributed by atoms with Gasteiger partial charge in [-0.05, 0) is 62.6 Å². The van der Waals surface area contributed by atoms with E-state index in [1.165, 1.54) is 37.1 Å². The largest absolute Gasteiger partial charge is 0.317 e. The van der Waals surface area contributed by atoms with Crippen molar-refractivity contribution in [3.8, 4) is 0 Å². The van der Waals surface area contributed by atoms with Gasteiger partial charge >= 0.3 is 0 Å². The van der Waals surface area contributed by atoms with Gasteiger partial charge in [-0.25, -0.2) is 0 Å².